The van der Waals surface area contributed by atoms with Gasteiger partial charge < -0.3 is 20.1 Å². The van der Waals surface area contributed by atoms with Crippen LogP contribution in [0.1, 0.15) is 44.7 Å². The van der Waals surface area contributed by atoms with Crippen LogP contribution in [-0.2, 0) is 9.53 Å². The average molecular weight is 401 g/mol. The van der Waals surface area contributed by atoms with Crippen molar-refractivity contribution in [2.45, 2.75) is 39.2 Å². The zero-order valence-electron chi connectivity index (χ0n) is 14.9. The van der Waals surface area contributed by atoms with Gasteiger partial charge in [0, 0.05) is 5.70 Å². The molecule has 1 unspecified atom stereocenters. The first-order valence-electron chi connectivity index (χ1n) is 8.43. The minimum absolute atomic E-state index is 0.315. The fraction of sp³-hybridized carbons (Fsp3) is 0.444. The molecule has 0 aliphatic carbocycles. The summed E-state index contributed by atoms with van der Waals surface area (Å²) in [6.45, 7) is 4.42. The molecule has 1 heterocycles. The van der Waals surface area contributed by atoms with E-state index in [4.69, 9.17) is 32.7 Å². The molecule has 6 nitrogen and oxygen atoms in total. The maximum Gasteiger partial charge on any atom is 0.337 e. The van der Waals surface area contributed by atoms with Gasteiger partial charge in [0.05, 0.1) is 35.4 Å². The van der Waals surface area contributed by atoms with E-state index in [0.717, 1.165) is 12.8 Å². The molecule has 1 aromatic rings. The number of carbonyl (C=O) groups excluding carboxylic acids is 2. The molecule has 0 radical (unpaired) electrons. The molecular weight excluding hydrogens is 379 g/mol. The van der Waals surface area contributed by atoms with Crippen LogP contribution in [0.25, 0.3) is 0 Å². The number of ether oxygens (including phenoxy) is 2. The fourth-order valence-corrected chi connectivity index (χ4v) is 3.37. The summed E-state index contributed by atoms with van der Waals surface area (Å²) in [5.41, 5.74) is 1.45. The van der Waals surface area contributed by atoms with Crippen LogP contribution in [0.3, 0.4) is 0 Å². The molecule has 0 aromatic heterocycles. The number of hydrogen-bond donors (Lipinski definition) is 2. The first-order chi connectivity index (χ1) is 12.4. The molecule has 0 saturated heterocycles. The van der Waals surface area contributed by atoms with Gasteiger partial charge in [0.1, 0.15) is 0 Å². The summed E-state index contributed by atoms with van der Waals surface area (Å²) in [5, 5.41) is 6.06. The Hall–Kier alpha value is -1.92. The Morgan fingerprint density at radius 1 is 1.19 bits per heavy atom. The van der Waals surface area contributed by atoms with Gasteiger partial charge in [0.15, 0.2) is 5.75 Å². The number of rotatable bonds is 7. The normalized spacial score (nSPS) is 16.8. The van der Waals surface area contributed by atoms with Crippen LogP contribution in [-0.4, -0.2) is 25.7 Å². The Kier molecular flexibility index (Phi) is 7.17. The van der Waals surface area contributed by atoms with Gasteiger partial charge in [-0.25, -0.2) is 9.59 Å². The van der Waals surface area contributed by atoms with Gasteiger partial charge in [0.25, 0.3) is 0 Å². The van der Waals surface area contributed by atoms with Gasteiger partial charge in [-0.3, -0.25) is 0 Å². The fourth-order valence-electron chi connectivity index (χ4n) is 2.75. The molecule has 2 N–H and O–H groups in total. The van der Waals surface area contributed by atoms with Crippen molar-refractivity contribution < 1.29 is 19.1 Å². The lowest BCUT2D eigenvalue weighted by atomic mass is 9.93. The largest absolute Gasteiger partial charge is 0.490 e. The molecule has 8 heteroatoms. The molecule has 1 aliphatic rings. The van der Waals surface area contributed by atoms with Gasteiger partial charge in [-0.1, -0.05) is 43.5 Å². The second-order valence-corrected chi connectivity index (χ2v) is 6.64. The maximum absolute atomic E-state index is 12.4. The van der Waals surface area contributed by atoms with E-state index in [9.17, 15) is 9.59 Å². The van der Waals surface area contributed by atoms with Crippen LogP contribution in [0, 0.1) is 0 Å². The number of esters is 1. The highest BCUT2D eigenvalue weighted by Crippen LogP contribution is 2.38. The van der Waals surface area contributed by atoms with Crippen LogP contribution in [0.4, 0.5) is 4.79 Å². The molecule has 0 saturated carbocycles. The van der Waals surface area contributed by atoms with E-state index in [-0.39, 0.29) is 0 Å². The van der Waals surface area contributed by atoms with Crippen molar-refractivity contribution in [1.82, 2.24) is 10.6 Å². The van der Waals surface area contributed by atoms with E-state index in [1.807, 2.05) is 13.8 Å². The van der Waals surface area contributed by atoms with Crippen molar-refractivity contribution in [2.75, 3.05) is 13.7 Å². The summed E-state index contributed by atoms with van der Waals surface area (Å²) in [6, 6.07) is 2.17. The van der Waals surface area contributed by atoms with Crippen LogP contribution >= 0.6 is 23.2 Å². The number of nitrogens with one attached hydrogen (secondary N) is 2. The van der Waals surface area contributed by atoms with E-state index in [2.05, 4.69) is 10.6 Å². The number of urea groups is 1. The van der Waals surface area contributed by atoms with E-state index in [1.165, 1.54) is 7.11 Å². The number of allylic oxidation sites excluding steroid dienone is 1. The Labute approximate surface area is 162 Å². The third kappa shape index (κ3) is 4.43. The van der Waals surface area contributed by atoms with Gasteiger partial charge in [0.2, 0.25) is 0 Å². The second-order valence-electron chi connectivity index (χ2n) is 5.83. The summed E-state index contributed by atoms with van der Waals surface area (Å²) < 4.78 is 10.5. The smallest absolute Gasteiger partial charge is 0.337 e. The van der Waals surface area contributed by atoms with Crippen molar-refractivity contribution >= 4 is 35.2 Å². The Morgan fingerprint density at radius 2 is 1.85 bits per heavy atom. The summed E-state index contributed by atoms with van der Waals surface area (Å²) in [6.07, 6.45) is 2.11. The molecule has 0 spiro atoms. The molecule has 142 valence electrons. The van der Waals surface area contributed by atoms with Crippen molar-refractivity contribution in [3.63, 3.8) is 0 Å². The topological polar surface area (TPSA) is 76.7 Å². The Balaban J connectivity index is 2.51. The predicted octanol–water partition coefficient (Wildman–Crippen LogP) is 4.36. The number of halogens is 2. The Bertz CT molecular complexity index is 711. The number of carbonyl (C=O) groups is 2. The van der Waals surface area contributed by atoms with E-state index < -0.39 is 18.0 Å². The van der Waals surface area contributed by atoms with Crippen molar-refractivity contribution in [3.05, 3.63) is 39.0 Å². The van der Waals surface area contributed by atoms with Gasteiger partial charge in [-0.15, -0.1) is 0 Å². The molecular formula is C18H22Cl2N2O4. The van der Waals surface area contributed by atoms with Crippen molar-refractivity contribution in [3.8, 4) is 5.75 Å². The van der Waals surface area contributed by atoms with E-state index in [1.54, 1.807) is 12.1 Å². The molecule has 1 aromatic carbocycles. The Morgan fingerprint density at radius 3 is 2.38 bits per heavy atom. The summed E-state index contributed by atoms with van der Waals surface area (Å²) in [4.78, 5) is 24.4. The van der Waals surface area contributed by atoms with Gasteiger partial charge >= 0.3 is 12.0 Å². The number of benzene rings is 1. The summed E-state index contributed by atoms with van der Waals surface area (Å²) >= 11 is 12.6. The van der Waals surface area contributed by atoms with Crippen LogP contribution in [0.2, 0.25) is 10.0 Å². The molecule has 0 fully saturated rings. The monoisotopic (exact) mass is 400 g/mol. The lowest BCUT2D eigenvalue weighted by molar-refractivity contribution is -0.136. The zero-order chi connectivity index (χ0) is 19.3. The van der Waals surface area contributed by atoms with Crippen LogP contribution in [0.5, 0.6) is 5.75 Å². The molecule has 1 atom stereocenters. The minimum atomic E-state index is -0.715. The van der Waals surface area contributed by atoms with E-state index >= 15 is 0 Å². The zero-order valence-corrected chi connectivity index (χ0v) is 16.5. The quantitative estimate of drug-likeness (QED) is 0.666. The molecule has 1 aliphatic heterocycles. The number of hydrogen-bond acceptors (Lipinski definition) is 4. The number of amides is 2. The third-order valence-electron chi connectivity index (χ3n) is 3.86. The molecule has 0 bridgehead atoms. The van der Waals surface area contributed by atoms with Gasteiger partial charge in [-0.05, 0) is 30.5 Å². The highest BCUT2D eigenvalue weighted by molar-refractivity contribution is 6.37. The third-order valence-corrected chi connectivity index (χ3v) is 4.42. The summed E-state index contributed by atoms with van der Waals surface area (Å²) in [7, 11) is 1.30. The predicted molar refractivity (Wildman–Crippen MR) is 101 cm³/mol. The lowest BCUT2D eigenvalue weighted by Gasteiger charge is -2.29. The van der Waals surface area contributed by atoms with E-state index in [0.29, 0.717) is 45.7 Å². The van der Waals surface area contributed by atoms with Gasteiger partial charge in [-0.2, -0.15) is 0 Å². The highest BCUT2D eigenvalue weighted by atomic mass is 35.5. The molecule has 2 rings (SSSR count). The SMILES string of the molecule is CCCOc1c(Cl)cc(C2NC(=O)NC(CCC)=C2C(=O)OC)cc1Cl. The van der Waals surface area contributed by atoms with Crippen LogP contribution < -0.4 is 15.4 Å². The van der Waals surface area contributed by atoms with Crippen LogP contribution in [0.15, 0.2) is 23.4 Å². The molecule has 26 heavy (non-hydrogen) atoms. The summed E-state index contributed by atoms with van der Waals surface area (Å²) in [5.74, 6) is -0.138. The van der Waals surface area contributed by atoms with Crippen molar-refractivity contribution in [2.24, 2.45) is 0 Å². The standard InChI is InChI=1S/C18H22Cl2N2O4/c1-4-6-13-14(17(23)25-3)15(22-18(24)21-13)10-8-11(19)16(12(20)9-10)26-7-5-2/h8-9,15H,4-7H2,1-3H3,(H2,21,22,24). The number of methoxy groups -OCH3 is 1. The first-order valence-corrected chi connectivity index (χ1v) is 9.19. The average Bonchev–Trinajstić information content (AvgIpc) is 2.60. The lowest BCUT2D eigenvalue weighted by Crippen LogP contribution is -2.45. The first kappa shape index (κ1) is 20.4. The van der Waals surface area contributed by atoms with Crippen molar-refractivity contribution in [1.29, 1.82) is 0 Å². The second kappa shape index (κ2) is 9.14. The minimum Gasteiger partial charge on any atom is -0.490 e. The molecule has 2 amide bonds. The maximum atomic E-state index is 12.4. The highest BCUT2D eigenvalue weighted by Gasteiger charge is 2.33.